The van der Waals surface area contributed by atoms with Crippen molar-refractivity contribution >= 4 is 5.97 Å². The number of carbonyl (C=O) groups is 1. The minimum Gasteiger partial charge on any atom is -0.476 e. The van der Waals surface area contributed by atoms with Crippen LogP contribution in [0.1, 0.15) is 49.0 Å². The number of imidazole rings is 1. The van der Waals surface area contributed by atoms with Gasteiger partial charge in [0.15, 0.2) is 5.69 Å². The minimum atomic E-state index is -0.918. The molecule has 4 aliphatic rings. The summed E-state index contributed by atoms with van der Waals surface area (Å²) in [5.41, 5.74) is 0.376. The number of aromatic carboxylic acids is 1. The molecule has 18 heavy (non-hydrogen) atoms. The van der Waals surface area contributed by atoms with E-state index in [9.17, 15) is 4.79 Å². The van der Waals surface area contributed by atoms with Crippen LogP contribution in [-0.4, -0.2) is 20.6 Å². The van der Waals surface area contributed by atoms with Crippen LogP contribution in [-0.2, 0) is 5.54 Å². The first-order valence-electron chi connectivity index (χ1n) is 6.92. The summed E-state index contributed by atoms with van der Waals surface area (Å²) in [5, 5.41) is 9.00. The van der Waals surface area contributed by atoms with Gasteiger partial charge in [-0.05, 0) is 56.3 Å². The summed E-state index contributed by atoms with van der Waals surface area (Å²) in [6, 6.07) is 0. The summed E-state index contributed by atoms with van der Waals surface area (Å²) in [7, 11) is 0. The van der Waals surface area contributed by atoms with Crippen molar-refractivity contribution in [2.45, 2.75) is 44.1 Å². The molecule has 4 aliphatic carbocycles. The Kier molecular flexibility index (Phi) is 1.98. The molecular weight excluding hydrogens is 228 g/mol. The van der Waals surface area contributed by atoms with Crippen LogP contribution in [0, 0.1) is 17.8 Å². The van der Waals surface area contributed by atoms with Crippen LogP contribution < -0.4 is 0 Å². The van der Waals surface area contributed by atoms with E-state index in [1.165, 1.54) is 38.5 Å². The molecule has 1 aromatic rings. The van der Waals surface area contributed by atoms with Gasteiger partial charge in [-0.1, -0.05) is 0 Å². The number of nitrogens with zero attached hydrogens (tertiary/aromatic N) is 2. The molecule has 4 saturated carbocycles. The number of carboxylic acids is 1. The molecule has 4 bridgehead atoms. The highest BCUT2D eigenvalue weighted by molar-refractivity contribution is 5.84. The van der Waals surface area contributed by atoms with Gasteiger partial charge in [0.05, 0.1) is 6.33 Å². The topological polar surface area (TPSA) is 55.1 Å². The molecular formula is C14H18N2O2. The predicted octanol–water partition coefficient (Wildman–Crippen LogP) is 2.51. The van der Waals surface area contributed by atoms with E-state index in [1.54, 1.807) is 12.5 Å². The average molecular weight is 246 g/mol. The van der Waals surface area contributed by atoms with E-state index in [-0.39, 0.29) is 11.2 Å². The van der Waals surface area contributed by atoms with E-state index in [0.717, 1.165) is 17.8 Å². The van der Waals surface area contributed by atoms with Gasteiger partial charge in [0, 0.05) is 11.7 Å². The van der Waals surface area contributed by atoms with E-state index >= 15 is 0 Å². The molecule has 4 nitrogen and oxygen atoms in total. The van der Waals surface area contributed by atoms with Gasteiger partial charge in [-0.3, -0.25) is 0 Å². The van der Waals surface area contributed by atoms with E-state index in [1.807, 2.05) is 0 Å². The summed E-state index contributed by atoms with van der Waals surface area (Å²) in [6.07, 6.45) is 11.4. The maximum Gasteiger partial charge on any atom is 0.356 e. The van der Waals surface area contributed by atoms with Crippen LogP contribution in [0.3, 0.4) is 0 Å². The second-order valence-electron chi connectivity index (χ2n) is 6.61. The maximum atomic E-state index is 11.0. The molecule has 0 atom stereocenters. The third kappa shape index (κ3) is 1.38. The predicted molar refractivity (Wildman–Crippen MR) is 65.3 cm³/mol. The van der Waals surface area contributed by atoms with Gasteiger partial charge in [0.25, 0.3) is 0 Å². The quantitative estimate of drug-likeness (QED) is 0.872. The second kappa shape index (κ2) is 3.37. The molecule has 0 radical (unpaired) electrons. The van der Waals surface area contributed by atoms with Gasteiger partial charge in [0.1, 0.15) is 0 Å². The Labute approximate surface area is 106 Å². The molecule has 5 rings (SSSR count). The van der Waals surface area contributed by atoms with E-state index in [0.29, 0.717) is 0 Å². The fraction of sp³-hybridized carbons (Fsp3) is 0.714. The number of carboxylic acid groups (broad SMARTS) is 1. The Morgan fingerprint density at radius 3 is 2.22 bits per heavy atom. The Morgan fingerprint density at radius 1 is 1.22 bits per heavy atom. The van der Waals surface area contributed by atoms with Crippen LogP contribution >= 0.6 is 0 Å². The minimum absolute atomic E-state index is 0.186. The third-order valence-corrected chi connectivity index (χ3v) is 5.36. The first-order valence-corrected chi connectivity index (χ1v) is 6.92. The number of aromatic nitrogens is 2. The Bertz CT molecular complexity index is 470. The summed E-state index contributed by atoms with van der Waals surface area (Å²) in [5.74, 6) is 1.68. The zero-order valence-corrected chi connectivity index (χ0v) is 10.4. The third-order valence-electron chi connectivity index (χ3n) is 5.36. The zero-order chi connectivity index (χ0) is 12.3. The molecule has 1 N–H and O–H groups in total. The van der Waals surface area contributed by atoms with E-state index in [4.69, 9.17) is 5.11 Å². The van der Waals surface area contributed by atoms with Crippen LogP contribution in [0.15, 0.2) is 12.5 Å². The highest BCUT2D eigenvalue weighted by Crippen LogP contribution is 2.58. The van der Waals surface area contributed by atoms with Gasteiger partial charge in [-0.25, -0.2) is 9.78 Å². The smallest absolute Gasteiger partial charge is 0.356 e. The lowest BCUT2D eigenvalue weighted by Crippen LogP contribution is -2.51. The molecule has 0 aliphatic heterocycles. The van der Waals surface area contributed by atoms with Gasteiger partial charge < -0.3 is 9.67 Å². The van der Waals surface area contributed by atoms with Crippen molar-refractivity contribution in [1.82, 2.24) is 9.55 Å². The van der Waals surface area contributed by atoms with Gasteiger partial charge in [-0.15, -0.1) is 0 Å². The summed E-state index contributed by atoms with van der Waals surface area (Å²) < 4.78 is 2.13. The van der Waals surface area contributed by atoms with Crippen molar-refractivity contribution in [3.05, 3.63) is 18.2 Å². The lowest BCUT2D eigenvalue weighted by atomic mass is 9.53. The van der Waals surface area contributed by atoms with Crippen LogP contribution in [0.25, 0.3) is 0 Å². The van der Waals surface area contributed by atoms with Crippen molar-refractivity contribution in [2.24, 2.45) is 17.8 Å². The standard InChI is InChI=1S/C14H18N2O2/c17-13(18)12-7-16(8-15-12)14-4-9-1-10(5-14)3-11(2-9)6-14/h7-11H,1-6H2,(H,17,18). The molecule has 1 heterocycles. The van der Waals surface area contributed by atoms with Crippen molar-refractivity contribution in [3.8, 4) is 0 Å². The fourth-order valence-electron chi connectivity index (χ4n) is 5.07. The van der Waals surface area contributed by atoms with Crippen LogP contribution in [0.2, 0.25) is 0 Å². The average Bonchev–Trinajstić information content (AvgIpc) is 2.76. The number of hydrogen-bond donors (Lipinski definition) is 1. The molecule has 0 spiro atoms. The first-order chi connectivity index (χ1) is 8.64. The van der Waals surface area contributed by atoms with Crippen molar-refractivity contribution < 1.29 is 9.90 Å². The van der Waals surface area contributed by atoms with Gasteiger partial charge in [-0.2, -0.15) is 0 Å². The SMILES string of the molecule is O=C(O)c1cn(C23CC4CC(CC(C4)C2)C3)cn1. The maximum absolute atomic E-state index is 11.0. The highest BCUT2D eigenvalue weighted by atomic mass is 16.4. The lowest BCUT2D eigenvalue weighted by Gasteiger charge is -2.57. The zero-order valence-electron chi connectivity index (χ0n) is 10.4. The summed E-state index contributed by atoms with van der Waals surface area (Å²) in [6.45, 7) is 0. The molecule has 4 fully saturated rings. The molecule has 0 aromatic carbocycles. The number of hydrogen-bond acceptors (Lipinski definition) is 2. The summed E-state index contributed by atoms with van der Waals surface area (Å²) >= 11 is 0. The molecule has 0 saturated heterocycles. The monoisotopic (exact) mass is 246 g/mol. The van der Waals surface area contributed by atoms with Crippen LogP contribution in [0.5, 0.6) is 0 Å². The number of rotatable bonds is 2. The van der Waals surface area contributed by atoms with E-state index in [2.05, 4.69) is 9.55 Å². The van der Waals surface area contributed by atoms with Crippen molar-refractivity contribution in [1.29, 1.82) is 0 Å². The van der Waals surface area contributed by atoms with E-state index < -0.39 is 5.97 Å². The normalized spacial score (nSPS) is 41.2. The molecule has 0 unspecified atom stereocenters. The van der Waals surface area contributed by atoms with Crippen molar-refractivity contribution in [2.75, 3.05) is 0 Å². The second-order valence-corrected chi connectivity index (χ2v) is 6.61. The Hall–Kier alpha value is -1.32. The Balaban J connectivity index is 1.72. The molecule has 4 heteroatoms. The summed E-state index contributed by atoms with van der Waals surface area (Å²) in [4.78, 5) is 15.0. The van der Waals surface area contributed by atoms with Crippen molar-refractivity contribution in [3.63, 3.8) is 0 Å². The fourth-order valence-corrected chi connectivity index (χ4v) is 5.07. The molecule has 1 aromatic heterocycles. The lowest BCUT2D eigenvalue weighted by molar-refractivity contribution is -0.0431. The molecule has 96 valence electrons. The van der Waals surface area contributed by atoms with Gasteiger partial charge in [0.2, 0.25) is 0 Å². The van der Waals surface area contributed by atoms with Crippen LogP contribution in [0.4, 0.5) is 0 Å². The largest absolute Gasteiger partial charge is 0.476 e. The van der Waals surface area contributed by atoms with Gasteiger partial charge >= 0.3 is 5.97 Å². The Morgan fingerprint density at radius 2 is 1.78 bits per heavy atom. The first kappa shape index (κ1) is 10.6. The highest BCUT2D eigenvalue weighted by Gasteiger charge is 2.51. The molecule has 0 amide bonds.